The third kappa shape index (κ3) is 28.7. The van der Waals surface area contributed by atoms with Crippen LogP contribution >= 0.6 is 0 Å². The highest BCUT2D eigenvalue weighted by Gasteiger charge is 2.19. The number of allylic oxidation sites excluding steroid dienone is 2. The van der Waals surface area contributed by atoms with Crippen LogP contribution in [0.15, 0.2) is 12.2 Å². The number of aliphatic hydroxyl groups excluding tert-OH is 2. The molecule has 0 aromatic carbocycles. The minimum absolute atomic E-state index is 0.0480. The molecule has 0 spiro atoms. The van der Waals surface area contributed by atoms with Crippen LogP contribution in [0.4, 0.5) is 0 Å². The van der Waals surface area contributed by atoms with Gasteiger partial charge in [0.1, 0.15) is 0 Å². The second kappa shape index (κ2) is 32.6. The minimum atomic E-state index is -0.660. The first-order valence-corrected chi connectivity index (χ1v) is 17.9. The molecule has 0 aromatic rings. The summed E-state index contributed by atoms with van der Waals surface area (Å²) in [5, 5.41) is 23.0. The van der Waals surface area contributed by atoms with Crippen molar-refractivity contribution in [2.24, 2.45) is 0 Å². The molecule has 0 fully saturated rings. The zero-order chi connectivity index (χ0) is 29.4. The highest BCUT2D eigenvalue weighted by Crippen LogP contribution is 2.15. The largest absolute Gasteiger partial charge is 0.394 e. The summed E-state index contributed by atoms with van der Waals surface area (Å²) >= 11 is 0. The van der Waals surface area contributed by atoms with Crippen molar-refractivity contribution in [3.05, 3.63) is 12.2 Å². The van der Waals surface area contributed by atoms with E-state index in [0.29, 0.717) is 12.8 Å². The molecule has 3 N–H and O–H groups in total. The summed E-state index contributed by atoms with van der Waals surface area (Å²) in [7, 11) is 0. The molecule has 2 unspecified atom stereocenters. The SMILES string of the molecule is CCCCCCCC/C=C\CCCCCC(=O)NC(CO)C(O)CCCCCCCCCCCCCCCCC. The Morgan fingerprint density at radius 2 is 0.950 bits per heavy atom. The maximum absolute atomic E-state index is 12.3. The van der Waals surface area contributed by atoms with Crippen LogP contribution in [0.25, 0.3) is 0 Å². The van der Waals surface area contributed by atoms with Gasteiger partial charge >= 0.3 is 0 Å². The monoisotopic (exact) mass is 566 g/mol. The van der Waals surface area contributed by atoms with E-state index in [-0.39, 0.29) is 12.5 Å². The third-order valence-corrected chi connectivity index (χ3v) is 8.28. The number of carbonyl (C=O) groups is 1. The molecule has 0 rings (SSSR count). The third-order valence-electron chi connectivity index (χ3n) is 8.28. The van der Waals surface area contributed by atoms with E-state index in [4.69, 9.17) is 0 Å². The summed E-state index contributed by atoms with van der Waals surface area (Å²) in [4.78, 5) is 12.3. The van der Waals surface area contributed by atoms with Crippen molar-refractivity contribution < 1.29 is 15.0 Å². The number of hydrogen-bond acceptors (Lipinski definition) is 3. The van der Waals surface area contributed by atoms with Crippen LogP contribution in [0.1, 0.15) is 194 Å². The lowest BCUT2D eigenvalue weighted by molar-refractivity contribution is -0.123. The molecule has 4 heteroatoms. The van der Waals surface area contributed by atoms with Gasteiger partial charge in [-0.2, -0.15) is 0 Å². The Bertz CT molecular complexity index is 536. The maximum Gasteiger partial charge on any atom is 0.220 e. The van der Waals surface area contributed by atoms with Gasteiger partial charge in [0.2, 0.25) is 5.91 Å². The Morgan fingerprint density at radius 3 is 1.38 bits per heavy atom. The molecule has 4 nitrogen and oxygen atoms in total. The molecule has 0 radical (unpaired) electrons. The van der Waals surface area contributed by atoms with E-state index in [2.05, 4.69) is 31.3 Å². The van der Waals surface area contributed by atoms with Crippen LogP contribution in [0, 0.1) is 0 Å². The van der Waals surface area contributed by atoms with E-state index in [1.54, 1.807) is 0 Å². The fourth-order valence-electron chi connectivity index (χ4n) is 5.47. The number of hydrogen-bond donors (Lipinski definition) is 3. The maximum atomic E-state index is 12.3. The van der Waals surface area contributed by atoms with E-state index in [1.807, 2.05) is 0 Å². The molecular weight excluding hydrogens is 494 g/mol. The van der Waals surface area contributed by atoms with Crippen LogP contribution in [-0.2, 0) is 4.79 Å². The van der Waals surface area contributed by atoms with E-state index in [9.17, 15) is 15.0 Å². The first-order valence-electron chi connectivity index (χ1n) is 17.9. The van der Waals surface area contributed by atoms with Crippen LogP contribution < -0.4 is 5.32 Å². The first-order chi connectivity index (χ1) is 19.7. The van der Waals surface area contributed by atoms with Gasteiger partial charge in [-0.15, -0.1) is 0 Å². The molecule has 0 saturated heterocycles. The summed E-state index contributed by atoms with van der Waals surface area (Å²) in [5.74, 6) is -0.0480. The fourth-order valence-corrected chi connectivity index (χ4v) is 5.47. The average molecular weight is 566 g/mol. The Labute approximate surface area is 250 Å². The highest BCUT2D eigenvalue weighted by molar-refractivity contribution is 5.76. The number of aliphatic hydroxyl groups is 2. The quantitative estimate of drug-likeness (QED) is 0.0561. The Hall–Kier alpha value is -0.870. The normalized spacial score (nSPS) is 13.2. The summed E-state index contributed by atoms with van der Waals surface area (Å²) in [5.41, 5.74) is 0. The second-order valence-corrected chi connectivity index (χ2v) is 12.3. The fraction of sp³-hybridized carbons (Fsp3) is 0.917. The second-order valence-electron chi connectivity index (χ2n) is 12.3. The van der Waals surface area contributed by atoms with Gasteiger partial charge in [-0.05, 0) is 38.5 Å². The number of rotatable bonds is 32. The van der Waals surface area contributed by atoms with Crippen LogP contribution in [0.2, 0.25) is 0 Å². The zero-order valence-corrected chi connectivity index (χ0v) is 27.1. The van der Waals surface area contributed by atoms with Crippen LogP contribution in [-0.4, -0.2) is 34.9 Å². The van der Waals surface area contributed by atoms with Gasteiger partial charge in [-0.1, -0.05) is 161 Å². The molecule has 238 valence electrons. The van der Waals surface area contributed by atoms with Crippen molar-refractivity contribution in [1.29, 1.82) is 0 Å². The van der Waals surface area contributed by atoms with Gasteiger partial charge in [-0.3, -0.25) is 4.79 Å². The standard InChI is InChI=1S/C36H71NO3/c1-3-5-7-9-11-13-15-17-18-20-21-23-25-27-29-31-35(39)34(33-38)37-36(40)32-30-28-26-24-22-19-16-14-12-10-8-6-4-2/h19,22,34-35,38-39H,3-18,20-21,23-33H2,1-2H3,(H,37,40)/b22-19-. The van der Waals surface area contributed by atoms with Crippen molar-refractivity contribution in [3.8, 4) is 0 Å². The molecule has 0 aliphatic heterocycles. The topological polar surface area (TPSA) is 69.6 Å². The molecule has 0 aliphatic carbocycles. The Balaban J connectivity index is 3.58. The number of amides is 1. The van der Waals surface area contributed by atoms with Crippen molar-refractivity contribution in [3.63, 3.8) is 0 Å². The number of carbonyl (C=O) groups excluding carboxylic acids is 1. The summed E-state index contributed by atoms with van der Waals surface area (Å²) < 4.78 is 0. The van der Waals surface area contributed by atoms with Crippen molar-refractivity contribution >= 4 is 5.91 Å². The smallest absolute Gasteiger partial charge is 0.220 e. The lowest BCUT2D eigenvalue weighted by Gasteiger charge is -2.22. The summed E-state index contributed by atoms with van der Waals surface area (Å²) in [6.07, 6.45) is 38.3. The minimum Gasteiger partial charge on any atom is -0.394 e. The number of nitrogens with one attached hydrogen (secondary N) is 1. The van der Waals surface area contributed by atoms with E-state index >= 15 is 0 Å². The van der Waals surface area contributed by atoms with Crippen LogP contribution in [0.3, 0.4) is 0 Å². The van der Waals surface area contributed by atoms with Crippen LogP contribution in [0.5, 0.6) is 0 Å². The lowest BCUT2D eigenvalue weighted by Crippen LogP contribution is -2.45. The summed E-state index contributed by atoms with van der Waals surface area (Å²) in [6.45, 7) is 4.33. The Kier molecular flexibility index (Phi) is 31.9. The Morgan fingerprint density at radius 1 is 0.575 bits per heavy atom. The first kappa shape index (κ1) is 39.1. The molecular formula is C36H71NO3. The summed E-state index contributed by atoms with van der Waals surface area (Å²) in [6, 6.07) is -0.538. The van der Waals surface area contributed by atoms with E-state index in [1.165, 1.54) is 128 Å². The lowest BCUT2D eigenvalue weighted by atomic mass is 10.0. The van der Waals surface area contributed by atoms with Gasteiger partial charge in [0.25, 0.3) is 0 Å². The van der Waals surface area contributed by atoms with E-state index in [0.717, 1.165) is 38.5 Å². The van der Waals surface area contributed by atoms with Crippen molar-refractivity contribution in [1.82, 2.24) is 5.32 Å². The van der Waals surface area contributed by atoms with Gasteiger partial charge in [0.05, 0.1) is 18.8 Å². The molecule has 0 heterocycles. The predicted octanol–water partition coefficient (Wildman–Crippen LogP) is 10.3. The van der Waals surface area contributed by atoms with Gasteiger partial charge in [-0.25, -0.2) is 0 Å². The number of unbranched alkanes of at least 4 members (excludes halogenated alkanes) is 23. The molecule has 2 atom stereocenters. The highest BCUT2D eigenvalue weighted by atomic mass is 16.3. The molecule has 0 aliphatic rings. The molecule has 40 heavy (non-hydrogen) atoms. The molecule has 1 amide bonds. The molecule has 0 saturated carbocycles. The van der Waals surface area contributed by atoms with Crippen molar-refractivity contribution in [2.45, 2.75) is 206 Å². The van der Waals surface area contributed by atoms with Crippen molar-refractivity contribution in [2.75, 3.05) is 6.61 Å². The van der Waals surface area contributed by atoms with Gasteiger partial charge in [0.15, 0.2) is 0 Å². The van der Waals surface area contributed by atoms with Gasteiger partial charge < -0.3 is 15.5 Å². The van der Waals surface area contributed by atoms with Gasteiger partial charge in [0, 0.05) is 6.42 Å². The van der Waals surface area contributed by atoms with E-state index < -0.39 is 12.1 Å². The predicted molar refractivity (Wildman–Crippen MR) is 175 cm³/mol. The molecule has 0 bridgehead atoms. The zero-order valence-electron chi connectivity index (χ0n) is 27.1. The average Bonchev–Trinajstić information content (AvgIpc) is 2.96. The molecule has 0 aromatic heterocycles.